The highest BCUT2D eigenvalue weighted by atomic mass is 15.1. The number of pyridine rings is 1. The molecule has 0 spiro atoms. The third-order valence-corrected chi connectivity index (χ3v) is 4.08. The van der Waals surface area contributed by atoms with E-state index >= 15 is 0 Å². The average molecular weight is 264 g/mol. The maximum atomic E-state index is 4.72. The topological polar surface area (TPSA) is 42.7 Å². The molecule has 0 saturated carbocycles. The summed E-state index contributed by atoms with van der Waals surface area (Å²) in [5, 5.41) is 3.51. The molecule has 0 amide bonds. The Morgan fingerprint density at radius 1 is 1.20 bits per heavy atom. The van der Waals surface area contributed by atoms with Gasteiger partial charge in [0.2, 0.25) is 0 Å². The minimum atomic E-state index is 0.393. The van der Waals surface area contributed by atoms with Crippen LogP contribution in [0.5, 0.6) is 0 Å². The summed E-state index contributed by atoms with van der Waals surface area (Å²) in [6, 6.07) is 12.5. The van der Waals surface area contributed by atoms with Crippen LogP contribution in [-0.2, 0) is 13.5 Å². The molecule has 0 saturated heterocycles. The molecule has 0 bridgehead atoms. The maximum absolute atomic E-state index is 4.72. The molecule has 4 nitrogen and oxygen atoms in total. The van der Waals surface area contributed by atoms with Gasteiger partial charge < -0.3 is 9.88 Å². The number of para-hydroxylation sites is 1. The van der Waals surface area contributed by atoms with Gasteiger partial charge in [0.15, 0.2) is 5.65 Å². The summed E-state index contributed by atoms with van der Waals surface area (Å²) in [6.45, 7) is 0.925. The second kappa shape index (κ2) is 4.34. The van der Waals surface area contributed by atoms with Gasteiger partial charge >= 0.3 is 0 Å². The Labute approximate surface area is 117 Å². The van der Waals surface area contributed by atoms with Crippen LogP contribution in [0.2, 0.25) is 0 Å². The summed E-state index contributed by atoms with van der Waals surface area (Å²) in [5.41, 5.74) is 4.55. The van der Waals surface area contributed by atoms with Crippen LogP contribution >= 0.6 is 0 Å². The predicted molar refractivity (Wildman–Crippen MR) is 79.9 cm³/mol. The third kappa shape index (κ3) is 1.68. The van der Waals surface area contributed by atoms with Gasteiger partial charge in [-0.25, -0.2) is 9.97 Å². The average Bonchev–Trinajstić information content (AvgIpc) is 2.84. The SMILES string of the molecule is Cn1c(C2CNc3ccccc3C2)nc2ncccc21. The molecule has 4 heteroatoms. The highest BCUT2D eigenvalue weighted by molar-refractivity contribution is 5.71. The zero-order valence-corrected chi connectivity index (χ0v) is 11.4. The first kappa shape index (κ1) is 11.5. The molecule has 1 aromatic carbocycles. The third-order valence-electron chi connectivity index (χ3n) is 4.08. The number of fused-ring (bicyclic) bond motifs is 2. The number of hydrogen-bond donors (Lipinski definition) is 1. The molecule has 20 heavy (non-hydrogen) atoms. The van der Waals surface area contributed by atoms with Crippen molar-refractivity contribution >= 4 is 16.9 Å². The van der Waals surface area contributed by atoms with E-state index in [9.17, 15) is 0 Å². The van der Waals surface area contributed by atoms with E-state index in [0.717, 1.165) is 30.0 Å². The molecule has 100 valence electrons. The van der Waals surface area contributed by atoms with E-state index < -0.39 is 0 Å². The number of rotatable bonds is 1. The van der Waals surface area contributed by atoms with Gasteiger partial charge in [-0.3, -0.25) is 0 Å². The van der Waals surface area contributed by atoms with Crippen LogP contribution in [0.3, 0.4) is 0 Å². The lowest BCUT2D eigenvalue weighted by atomic mass is 9.93. The van der Waals surface area contributed by atoms with Gasteiger partial charge in [-0.15, -0.1) is 0 Å². The number of anilines is 1. The lowest BCUT2D eigenvalue weighted by Gasteiger charge is -2.25. The van der Waals surface area contributed by atoms with Crippen molar-refractivity contribution in [3.05, 3.63) is 54.0 Å². The lowest BCUT2D eigenvalue weighted by Crippen LogP contribution is -2.23. The largest absolute Gasteiger partial charge is 0.384 e. The molecule has 1 aliphatic rings. The number of aromatic nitrogens is 3. The Balaban J connectivity index is 1.76. The van der Waals surface area contributed by atoms with Crippen molar-refractivity contribution in [2.45, 2.75) is 12.3 Å². The number of hydrogen-bond acceptors (Lipinski definition) is 3. The van der Waals surface area contributed by atoms with Crippen LogP contribution < -0.4 is 5.32 Å². The van der Waals surface area contributed by atoms with Gasteiger partial charge in [-0.05, 0) is 30.2 Å². The monoisotopic (exact) mass is 264 g/mol. The quantitative estimate of drug-likeness (QED) is 0.735. The Bertz CT molecular complexity index is 775. The molecule has 3 aromatic rings. The van der Waals surface area contributed by atoms with Crippen LogP contribution in [0.1, 0.15) is 17.3 Å². The summed E-state index contributed by atoms with van der Waals surface area (Å²) in [4.78, 5) is 9.07. The molecule has 0 radical (unpaired) electrons. The summed E-state index contributed by atoms with van der Waals surface area (Å²) < 4.78 is 2.17. The molecule has 0 fully saturated rings. The van der Waals surface area contributed by atoms with Crippen molar-refractivity contribution in [2.24, 2.45) is 7.05 Å². The molecule has 1 N–H and O–H groups in total. The molecular formula is C16H16N4. The van der Waals surface area contributed by atoms with Crippen LogP contribution in [0, 0.1) is 0 Å². The highest BCUT2D eigenvalue weighted by Gasteiger charge is 2.24. The summed E-state index contributed by atoms with van der Waals surface area (Å²) in [5.74, 6) is 1.50. The van der Waals surface area contributed by atoms with Gasteiger partial charge in [-0.2, -0.15) is 0 Å². The van der Waals surface area contributed by atoms with Crippen LogP contribution in [-0.4, -0.2) is 21.1 Å². The van der Waals surface area contributed by atoms with Gasteiger partial charge in [0, 0.05) is 31.4 Å². The highest BCUT2D eigenvalue weighted by Crippen LogP contribution is 2.30. The molecule has 2 aromatic heterocycles. The Kier molecular flexibility index (Phi) is 2.49. The van der Waals surface area contributed by atoms with E-state index in [1.165, 1.54) is 11.3 Å². The van der Waals surface area contributed by atoms with Gasteiger partial charge in [0.25, 0.3) is 0 Å². The Hall–Kier alpha value is -2.36. The number of benzene rings is 1. The van der Waals surface area contributed by atoms with E-state index in [1.807, 2.05) is 6.07 Å². The smallest absolute Gasteiger partial charge is 0.177 e. The van der Waals surface area contributed by atoms with Crippen molar-refractivity contribution < 1.29 is 0 Å². The molecule has 3 heterocycles. The lowest BCUT2D eigenvalue weighted by molar-refractivity contribution is 0.624. The standard InChI is InChI=1S/C16H16N4/c1-20-14-7-4-8-17-15(14)19-16(20)12-9-11-5-2-3-6-13(11)18-10-12/h2-8,12,18H,9-10H2,1H3. The zero-order chi connectivity index (χ0) is 13.5. The molecule has 0 aliphatic carbocycles. The molecule has 1 unspecified atom stereocenters. The van der Waals surface area contributed by atoms with E-state index in [2.05, 4.69) is 52.2 Å². The first-order chi connectivity index (χ1) is 9.83. The van der Waals surface area contributed by atoms with E-state index in [-0.39, 0.29) is 0 Å². The first-order valence-electron chi connectivity index (χ1n) is 6.92. The van der Waals surface area contributed by atoms with E-state index in [0.29, 0.717) is 5.92 Å². The molecule has 1 aliphatic heterocycles. The maximum Gasteiger partial charge on any atom is 0.177 e. The fourth-order valence-corrected chi connectivity index (χ4v) is 3.03. The van der Waals surface area contributed by atoms with E-state index in [1.54, 1.807) is 6.20 Å². The van der Waals surface area contributed by atoms with Crippen LogP contribution in [0.4, 0.5) is 5.69 Å². The Morgan fingerprint density at radius 3 is 3.00 bits per heavy atom. The second-order valence-electron chi connectivity index (χ2n) is 5.31. The number of nitrogens with zero attached hydrogens (tertiary/aromatic N) is 3. The van der Waals surface area contributed by atoms with Crippen molar-refractivity contribution in [3.63, 3.8) is 0 Å². The van der Waals surface area contributed by atoms with E-state index in [4.69, 9.17) is 4.98 Å². The molecule has 1 atom stereocenters. The predicted octanol–water partition coefficient (Wildman–Crippen LogP) is 2.72. The molecule has 4 rings (SSSR count). The van der Waals surface area contributed by atoms with Crippen molar-refractivity contribution in [2.75, 3.05) is 11.9 Å². The van der Waals surface area contributed by atoms with Crippen molar-refractivity contribution in [3.8, 4) is 0 Å². The summed E-state index contributed by atoms with van der Waals surface area (Å²) >= 11 is 0. The summed E-state index contributed by atoms with van der Waals surface area (Å²) in [6.07, 6.45) is 2.83. The Morgan fingerprint density at radius 2 is 2.10 bits per heavy atom. The fourth-order valence-electron chi connectivity index (χ4n) is 3.03. The number of aryl methyl sites for hydroxylation is 1. The normalized spacial score (nSPS) is 17.8. The van der Waals surface area contributed by atoms with Crippen LogP contribution in [0.15, 0.2) is 42.6 Å². The zero-order valence-electron chi connectivity index (χ0n) is 11.4. The number of imidazole rings is 1. The molecular weight excluding hydrogens is 248 g/mol. The number of nitrogens with one attached hydrogen (secondary N) is 1. The van der Waals surface area contributed by atoms with Gasteiger partial charge in [0.1, 0.15) is 5.82 Å². The minimum Gasteiger partial charge on any atom is -0.384 e. The van der Waals surface area contributed by atoms with Crippen molar-refractivity contribution in [1.82, 2.24) is 14.5 Å². The van der Waals surface area contributed by atoms with Gasteiger partial charge in [-0.1, -0.05) is 18.2 Å². The van der Waals surface area contributed by atoms with Crippen LogP contribution in [0.25, 0.3) is 11.2 Å². The van der Waals surface area contributed by atoms with Crippen molar-refractivity contribution in [1.29, 1.82) is 0 Å². The second-order valence-corrected chi connectivity index (χ2v) is 5.31. The first-order valence-corrected chi connectivity index (χ1v) is 6.92. The fraction of sp³-hybridized carbons (Fsp3) is 0.250. The minimum absolute atomic E-state index is 0.393. The summed E-state index contributed by atoms with van der Waals surface area (Å²) in [7, 11) is 2.08. The van der Waals surface area contributed by atoms with Gasteiger partial charge in [0.05, 0.1) is 5.52 Å².